The summed E-state index contributed by atoms with van der Waals surface area (Å²) in [5.41, 5.74) is 6.39. The van der Waals surface area contributed by atoms with Crippen LogP contribution in [0.2, 0.25) is 0 Å². The molecular formula is C12H12FN3O2S2. The third-order valence-corrected chi connectivity index (χ3v) is 5.69. The molecule has 1 aliphatic carbocycles. The Balaban J connectivity index is 1.91. The zero-order valence-corrected chi connectivity index (χ0v) is 12.0. The topological polar surface area (TPSA) is 85.1 Å². The highest BCUT2D eigenvalue weighted by Crippen LogP contribution is 2.32. The molecule has 0 atom stereocenters. The number of benzene rings is 1. The minimum atomic E-state index is -3.84. The molecule has 0 aliphatic heterocycles. The summed E-state index contributed by atoms with van der Waals surface area (Å²) >= 11 is 1.34. The van der Waals surface area contributed by atoms with Gasteiger partial charge in [-0.05, 0) is 37.5 Å². The van der Waals surface area contributed by atoms with Crippen LogP contribution in [0.5, 0.6) is 0 Å². The molecule has 8 heteroatoms. The number of halogens is 1. The number of aryl methyl sites for hydroxylation is 2. The fraction of sp³-hybridized carbons (Fsp3) is 0.250. The molecule has 1 aliphatic rings. The first-order valence-electron chi connectivity index (χ1n) is 6.02. The van der Waals surface area contributed by atoms with Crippen molar-refractivity contribution in [2.75, 3.05) is 10.5 Å². The molecule has 1 aromatic heterocycles. The molecule has 0 saturated heterocycles. The minimum absolute atomic E-state index is 0.124. The first kappa shape index (κ1) is 13.3. The molecular weight excluding hydrogens is 301 g/mol. The Hall–Kier alpha value is -1.67. The number of fused-ring (bicyclic) bond motifs is 1. The zero-order chi connectivity index (χ0) is 14.3. The normalized spacial score (nSPS) is 14.2. The number of nitrogens with zero attached hydrogens (tertiary/aromatic N) is 1. The maximum absolute atomic E-state index is 13.0. The quantitative estimate of drug-likeness (QED) is 0.850. The number of hydrogen-bond donors (Lipinski definition) is 2. The Morgan fingerprint density at radius 2 is 2.15 bits per heavy atom. The van der Waals surface area contributed by atoms with Crippen molar-refractivity contribution < 1.29 is 12.8 Å². The first-order chi connectivity index (χ1) is 9.45. The predicted octanol–water partition coefficient (Wildman–Crippen LogP) is 2.15. The molecule has 0 amide bonds. The lowest BCUT2D eigenvalue weighted by Gasteiger charge is -2.07. The summed E-state index contributed by atoms with van der Waals surface area (Å²) in [7, 11) is -3.84. The highest BCUT2D eigenvalue weighted by atomic mass is 32.2. The van der Waals surface area contributed by atoms with Crippen molar-refractivity contribution in [1.29, 1.82) is 0 Å². The Kier molecular flexibility index (Phi) is 3.14. The number of rotatable bonds is 3. The van der Waals surface area contributed by atoms with Crippen molar-refractivity contribution in [2.24, 2.45) is 0 Å². The highest BCUT2D eigenvalue weighted by molar-refractivity contribution is 7.93. The molecule has 1 heterocycles. The Bertz CT molecular complexity index is 750. The molecule has 106 valence electrons. The van der Waals surface area contributed by atoms with Gasteiger partial charge in [-0.15, -0.1) is 11.3 Å². The molecule has 0 unspecified atom stereocenters. The van der Waals surface area contributed by atoms with Crippen molar-refractivity contribution in [3.8, 4) is 0 Å². The standard InChI is InChI=1S/C12H12FN3O2S2/c13-7-4-5-11(8(14)6-7)20(17,18)16-12-15-9-2-1-3-10(9)19-12/h4-6H,1-3,14H2,(H,15,16). The molecule has 5 nitrogen and oxygen atoms in total. The van der Waals surface area contributed by atoms with Gasteiger partial charge in [0.25, 0.3) is 10.0 Å². The molecule has 0 radical (unpaired) electrons. The monoisotopic (exact) mass is 313 g/mol. The first-order valence-corrected chi connectivity index (χ1v) is 8.32. The van der Waals surface area contributed by atoms with Crippen LogP contribution in [0.15, 0.2) is 23.1 Å². The van der Waals surface area contributed by atoms with Gasteiger partial charge in [-0.25, -0.2) is 17.8 Å². The third-order valence-electron chi connectivity index (χ3n) is 3.08. The van der Waals surface area contributed by atoms with Crippen molar-refractivity contribution in [1.82, 2.24) is 4.98 Å². The van der Waals surface area contributed by atoms with E-state index >= 15 is 0 Å². The van der Waals surface area contributed by atoms with Crippen LogP contribution in [0.1, 0.15) is 17.0 Å². The van der Waals surface area contributed by atoms with Crippen molar-refractivity contribution >= 4 is 32.2 Å². The second-order valence-corrected chi connectivity index (χ2v) is 7.26. The van der Waals surface area contributed by atoms with Crippen LogP contribution in [0.3, 0.4) is 0 Å². The van der Waals surface area contributed by atoms with Gasteiger partial charge in [0.15, 0.2) is 5.13 Å². The van der Waals surface area contributed by atoms with E-state index in [0.29, 0.717) is 5.13 Å². The van der Waals surface area contributed by atoms with Gasteiger partial charge in [0.1, 0.15) is 10.7 Å². The Labute approximate surface area is 119 Å². The Morgan fingerprint density at radius 3 is 2.85 bits per heavy atom. The summed E-state index contributed by atoms with van der Waals surface area (Å²) in [6.07, 6.45) is 2.88. The molecule has 0 saturated carbocycles. The van der Waals surface area contributed by atoms with Crippen LogP contribution in [-0.2, 0) is 22.9 Å². The van der Waals surface area contributed by atoms with E-state index in [0.717, 1.165) is 48.0 Å². The lowest BCUT2D eigenvalue weighted by atomic mass is 10.3. The van der Waals surface area contributed by atoms with E-state index in [-0.39, 0.29) is 10.6 Å². The zero-order valence-electron chi connectivity index (χ0n) is 10.4. The average Bonchev–Trinajstić information content (AvgIpc) is 2.87. The summed E-state index contributed by atoms with van der Waals surface area (Å²) in [6, 6.07) is 3.19. The number of sulfonamides is 1. The fourth-order valence-corrected chi connectivity index (χ4v) is 4.57. The summed E-state index contributed by atoms with van der Waals surface area (Å²) in [5, 5.41) is 0.332. The number of anilines is 2. The molecule has 3 rings (SSSR count). The summed E-state index contributed by atoms with van der Waals surface area (Å²) in [6.45, 7) is 0. The average molecular weight is 313 g/mol. The van der Waals surface area contributed by atoms with Gasteiger partial charge in [0.05, 0.1) is 11.4 Å². The van der Waals surface area contributed by atoms with E-state index in [1.807, 2.05) is 0 Å². The van der Waals surface area contributed by atoms with Crippen LogP contribution < -0.4 is 10.5 Å². The van der Waals surface area contributed by atoms with Crippen molar-refractivity contribution in [3.05, 3.63) is 34.6 Å². The number of nitrogens with two attached hydrogens (primary N) is 1. The van der Waals surface area contributed by atoms with Crippen LogP contribution >= 0.6 is 11.3 Å². The van der Waals surface area contributed by atoms with Crippen LogP contribution in [0.25, 0.3) is 0 Å². The second kappa shape index (κ2) is 4.71. The van der Waals surface area contributed by atoms with Gasteiger partial charge in [0.2, 0.25) is 0 Å². The molecule has 0 fully saturated rings. The minimum Gasteiger partial charge on any atom is -0.398 e. The maximum atomic E-state index is 13.0. The van der Waals surface area contributed by atoms with E-state index < -0.39 is 15.8 Å². The smallest absolute Gasteiger partial charge is 0.265 e. The van der Waals surface area contributed by atoms with Crippen LogP contribution in [-0.4, -0.2) is 13.4 Å². The molecule has 0 spiro atoms. The number of aromatic nitrogens is 1. The highest BCUT2D eigenvalue weighted by Gasteiger charge is 2.22. The summed E-state index contributed by atoms with van der Waals surface area (Å²) < 4.78 is 39.8. The van der Waals surface area contributed by atoms with Crippen molar-refractivity contribution in [3.63, 3.8) is 0 Å². The molecule has 0 bridgehead atoms. The van der Waals surface area contributed by atoms with E-state index in [1.54, 1.807) is 0 Å². The van der Waals surface area contributed by atoms with Crippen LogP contribution in [0.4, 0.5) is 15.2 Å². The fourth-order valence-electron chi connectivity index (χ4n) is 2.17. The number of hydrogen-bond acceptors (Lipinski definition) is 5. The molecule has 20 heavy (non-hydrogen) atoms. The lowest BCUT2D eigenvalue weighted by Crippen LogP contribution is -2.14. The Morgan fingerprint density at radius 1 is 1.35 bits per heavy atom. The van der Waals surface area contributed by atoms with Gasteiger partial charge < -0.3 is 5.73 Å². The molecule has 3 N–H and O–H groups in total. The third kappa shape index (κ3) is 2.36. The van der Waals surface area contributed by atoms with Gasteiger partial charge >= 0.3 is 0 Å². The summed E-state index contributed by atoms with van der Waals surface area (Å²) in [5.74, 6) is -0.574. The number of thiazole rings is 1. The van der Waals surface area contributed by atoms with E-state index in [1.165, 1.54) is 11.3 Å². The SMILES string of the molecule is Nc1cc(F)ccc1S(=O)(=O)Nc1nc2c(s1)CCC2. The van der Waals surface area contributed by atoms with E-state index in [4.69, 9.17) is 5.73 Å². The largest absolute Gasteiger partial charge is 0.398 e. The maximum Gasteiger partial charge on any atom is 0.265 e. The van der Waals surface area contributed by atoms with Gasteiger partial charge in [-0.1, -0.05) is 0 Å². The van der Waals surface area contributed by atoms with Gasteiger partial charge in [-0.3, -0.25) is 4.72 Å². The van der Waals surface area contributed by atoms with Gasteiger partial charge in [0, 0.05) is 4.88 Å². The lowest BCUT2D eigenvalue weighted by molar-refractivity contribution is 0.600. The van der Waals surface area contributed by atoms with E-state index in [9.17, 15) is 12.8 Å². The number of nitrogens with one attached hydrogen (secondary N) is 1. The summed E-state index contributed by atoms with van der Waals surface area (Å²) in [4.78, 5) is 5.24. The predicted molar refractivity (Wildman–Crippen MR) is 75.8 cm³/mol. The van der Waals surface area contributed by atoms with Crippen LogP contribution in [0, 0.1) is 5.82 Å². The van der Waals surface area contributed by atoms with Gasteiger partial charge in [-0.2, -0.15) is 0 Å². The van der Waals surface area contributed by atoms with E-state index in [2.05, 4.69) is 9.71 Å². The molecule has 2 aromatic rings. The van der Waals surface area contributed by atoms with Crippen molar-refractivity contribution in [2.45, 2.75) is 24.2 Å². The molecule has 1 aromatic carbocycles. The second-order valence-electron chi connectivity index (χ2n) is 4.53. The number of nitrogen functional groups attached to an aromatic ring is 1.